The number of anilines is 1. The Bertz CT molecular complexity index is 1030. The third-order valence-corrected chi connectivity index (χ3v) is 4.31. The Morgan fingerprint density at radius 3 is 2.63 bits per heavy atom. The van der Waals surface area contributed by atoms with Crippen molar-refractivity contribution in [2.45, 2.75) is 6.54 Å². The molecule has 0 spiro atoms. The van der Waals surface area contributed by atoms with Crippen molar-refractivity contribution in [1.29, 1.82) is 0 Å². The van der Waals surface area contributed by atoms with Gasteiger partial charge in [-0.15, -0.1) is 0 Å². The van der Waals surface area contributed by atoms with E-state index >= 15 is 0 Å². The molecule has 0 fully saturated rings. The van der Waals surface area contributed by atoms with E-state index in [0.29, 0.717) is 22.9 Å². The first-order chi connectivity index (χ1) is 12.9. The van der Waals surface area contributed by atoms with Crippen molar-refractivity contribution in [3.63, 3.8) is 0 Å². The molecule has 3 rings (SSSR count). The van der Waals surface area contributed by atoms with Crippen LogP contribution in [-0.2, 0) is 11.3 Å². The van der Waals surface area contributed by atoms with Crippen LogP contribution in [0.25, 0.3) is 10.9 Å². The zero-order chi connectivity index (χ0) is 19.6. The van der Waals surface area contributed by atoms with Crippen LogP contribution in [0.1, 0.15) is 15.9 Å². The SMILES string of the molecule is COC(=O)c1cc(NCc2cc3ccc(OC)cc3nc2Cl)c(F)cc1F. The van der Waals surface area contributed by atoms with Gasteiger partial charge in [0.25, 0.3) is 0 Å². The quantitative estimate of drug-likeness (QED) is 0.509. The highest BCUT2D eigenvalue weighted by atomic mass is 35.5. The number of carbonyl (C=O) groups is 1. The maximum Gasteiger partial charge on any atom is 0.340 e. The van der Waals surface area contributed by atoms with E-state index in [1.54, 1.807) is 25.3 Å². The van der Waals surface area contributed by atoms with Crippen LogP contribution in [0.15, 0.2) is 36.4 Å². The molecule has 1 heterocycles. The molecule has 0 bridgehead atoms. The van der Waals surface area contributed by atoms with Crippen LogP contribution in [0.5, 0.6) is 5.75 Å². The summed E-state index contributed by atoms with van der Waals surface area (Å²) in [6, 6.07) is 8.86. The van der Waals surface area contributed by atoms with E-state index in [2.05, 4.69) is 15.0 Å². The Morgan fingerprint density at radius 2 is 1.93 bits per heavy atom. The van der Waals surface area contributed by atoms with Crippen LogP contribution >= 0.6 is 11.6 Å². The molecule has 0 amide bonds. The van der Waals surface area contributed by atoms with E-state index < -0.39 is 17.6 Å². The summed E-state index contributed by atoms with van der Waals surface area (Å²) in [6.07, 6.45) is 0. The molecule has 0 saturated heterocycles. The standard InChI is InChI=1S/C19H15ClF2N2O3/c1-26-12-4-3-10-5-11(18(20)24-16(10)6-12)9-23-17-7-13(19(25)27-2)14(21)8-15(17)22/h3-8,23H,9H2,1-2H3. The second kappa shape index (κ2) is 7.75. The monoisotopic (exact) mass is 392 g/mol. The van der Waals surface area contributed by atoms with Gasteiger partial charge in [0.15, 0.2) is 0 Å². The molecule has 0 aliphatic carbocycles. The van der Waals surface area contributed by atoms with Crippen LogP contribution in [0, 0.1) is 11.6 Å². The molecule has 1 N–H and O–H groups in total. The van der Waals surface area contributed by atoms with Gasteiger partial charge in [-0.05, 0) is 24.3 Å². The van der Waals surface area contributed by atoms with Gasteiger partial charge < -0.3 is 14.8 Å². The Hall–Kier alpha value is -2.93. The zero-order valence-corrected chi connectivity index (χ0v) is 15.2. The second-order valence-corrected chi connectivity index (χ2v) is 6.01. The number of ether oxygens (including phenoxy) is 2. The summed E-state index contributed by atoms with van der Waals surface area (Å²) in [5.74, 6) is -2.07. The van der Waals surface area contributed by atoms with Crippen molar-refractivity contribution in [3.05, 3.63) is 64.3 Å². The molecule has 0 radical (unpaired) electrons. The van der Waals surface area contributed by atoms with Gasteiger partial charge in [-0.25, -0.2) is 18.6 Å². The molecule has 140 valence electrons. The number of pyridine rings is 1. The Morgan fingerprint density at radius 1 is 1.15 bits per heavy atom. The topological polar surface area (TPSA) is 60.5 Å². The lowest BCUT2D eigenvalue weighted by molar-refractivity contribution is 0.0595. The van der Waals surface area contributed by atoms with Crippen LogP contribution in [0.3, 0.4) is 0 Å². The van der Waals surface area contributed by atoms with Gasteiger partial charge in [-0.1, -0.05) is 11.6 Å². The highest BCUT2D eigenvalue weighted by Gasteiger charge is 2.17. The minimum atomic E-state index is -0.996. The smallest absolute Gasteiger partial charge is 0.340 e. The van der Waals surface area contributed by atoms with E-state index in [-0.39, 0.29) is 22.9 Å². The highest BCUT2D eigenvalue weighted by molar-refractivity contribution is 6.30. The highest BCUT2D eigenvalue weighted by Crippen LogP contribution is 2.26. The van der Waals surface area contributed by atoms with Gasteiger partial charge in [-0.3, -0.25) is 0 Å². The van der Waals surface area contributed by atoms with Gasteiger partial charge in [0.05, 0.1) is 31.0 Å². The number of esters is 1. The average molecular weight is 393 g/mol. The number of benzene rings is 2. The largest absolute Gasteiger partial charge is 0.497 e. The number of aromatic nitrogens is 1. The molecular formula is C19H15ClF2N2O3. The van der Waals surface area contributed by atoms with Crippen LogP contribution < -0.4 is 10.1 Å². The van der Waals surface area contributed by atoms with E-state index in [1.807, 2.05) is 6.07 Å². The van der Waals surface area contributed by atoms with Gasteiger partial charge in [0.1, 0.15) is 22.5 Å². The molecule has 1 aromatic heterocycles. The van der Waals surface area contributed by atoms with Gasteiger partial charge in [0, 0.05) is 29.6 Å². The van der Waals surface area contributed by atoms with E-state index in [9.17, 15) is 13.6 Å². The Labute approximate surface area is 158 Å². The minimum Gasteiger partial charge on any atom is -0.497 e. The number of nitrogens with zero attached hydrogens (tertiary/aromatic N) is 1. The predicted octanol–water partition coefficient (Wildman–Crippen LogP) is 4.57. The van der Waals surface area contributed by atoms with Crippen molar-refractivity contribution >= 4 is 34.2 Å². The zero-order valence-electron chi connectivity index (χ0n) is 14.5. The minimum absolute atomic E-state index is 0.0531. The molecule has 0 aliphatic rings. The Kier molecular flexibility index (Phi) is 5.41. The molecule has 3 aromatic rings. The summed E-state index contributed by atoms with van der Waals surface area (Å²) >= 11 is 6.21. The molecule has 0 saturated carbocycles. The predicted molar refractivity (Wildman–Crippen MR) is 98.3 cm³/mol. The summed E-state index contributed by atoms with van der Waals surface area (Å²) in [5, 5.41) is 3.87. The van der Waals surface area contributed by atoms with Crippen molar-refractivity contribution in [2.24, 2.45) is 0 Å². The first-order valence-electron chi connectivity index (χ1n) is 7.87. The molecule has 27 heavy (non-hydrogen) atoms. The summed E-state index contributed by atoms with van der Waals surface area (Å²) in [4.78, 5) is 15.9. The van der Waals surface area contributed by atoms with Gasteiger partial charge in [-0.2, -0.15) is 0 Å². The number of hydrogen-bond acceptors (Lipinski definition) is 5. The first kappa shape index (κ1) is 18.8. The molecule has 5 nitrogen and oxygen atoms in total. The van der Waals surface area contributed by atoms with Crippen LogP contribution in [-0.4, -0.2) is 25.2 Å². The lowest BCUT2D eigenvalue weighted by atomic mass is 10.1. The first-order valence-corrected chi connectivity index (χ1v) is 8.25. The fourth-order valence-corrected chi connectivity index (χ4v) is 2.77. The lowest BCUT2D eigenvalue weighted by Crippen LogP contribution is -2.09. The fourth-order valence-electron chi connectivity index (χ4n) is 2.56. The second-order valence-electron chi connectivity index (χ2n) is 5.65. The van der Waals surface area contributed by atoms with E-state index in [0.717, 1.165) is 18.6 Å². The van der Waals surface area contributed by atoms with Crippen molar-refractivity contribution < 1.29 is 23.0 Å². The molecule has 2 aromatic carbocycles. The molecule has 0 unspecified atom stereocenters. The maximum absolute atomic E-state index is 14.0. The molecule has 8 heteroatoms. The summed E-state index contributed by atoms with van der Waals surface area (Å²) < 4.78 is 37.4. The third-order valence-electron chi connectivity index (χ3n) is 3.98. The summed E-state index contributed by atoms with van der Waals surface area (Å²) in [7, 11) is 2.68. The normalized spacial score (nSPS) is 10.7. The maximum atomic E-state index is 14.0. The van der Waals surface area contributed by atoms with Gasteiger partial charge >= 0.3 is 5.97 Å². The molecular weight excluding hydrogens is 378 g/mol. The van der Waals surface area contributed by atoms with E-state index in [1.165, 1.54) is 0 Å². The number of nitrogens with one attached hydrogen (secondary N) is 1. The van der Waals surface area contributed by atoms with Crippen molar-refractivity contribution in [2.75, 3.05) is 19.5 Å². The van der Waals surface area contributed by atoms with Crippen LogP contribution in [0.2, 0.25) is 5.15 Å². The molecule has 0 aliphatic heterocycles. The fraction of sp³-hybridized carbons (Fsp3) is 0.158. The number of halogens is 3. The lowest BCUT2D eigenvalue weighted by Gasteiger charge is -2.12. The van der Waals surface area contributed by atoms with Crippen molar-refractivity contribution in [3.8, 4) is 5.75 Å². The number of methoxy groups -OCH3 is 2. The van der Waals surface area contributed by atoms with Gasteiger partial charge in [0.2, 0.25) is 0 Å². The number of hydrogen-bond donors (Lipinski definition) is 1. The Balaban J connectivity index is 1.88. The number of fused-ring (bicyclic) bond motifs is 1. The number of rotatable bonds is 5. The third kappa shape index (κ3) is 3.93. The van der Waals surface area contributed by atoms with Crippen molar-refractivity contribution in [1.82, 2.24) is 4.98 Å². The summed E-state index contributed by atoms with van der Waals surface area (Å²) in [5.41, 5.74) is 0.848. The van der Waals surface area contributed by atoms with Crippen LogP contribution in [0.4, 0.5) is 14.5 Å². The molecule has 0 atom stereocenters. The number of carbonyl (C=O) groups excluding carboxylic acids is 1. The summed E-state index contributed by atoms with van der Waals surface area (Å²) in [6.45, 7) is 0.122. The average Bonchev–Trinajstić information content (AvgIpc) is 2.66. The van der Waals surface area contributed by atoms with E-state index in [4.69, 9.17) is 16.3 Å².